The quantitative estimate of drug-likeness (QED) is 0.618. The highest BCUT2D eigenvalue weighted by Crippen LogP contribution is 2.16. The Hall–Kier alpha value is -0.520. The number of rotatable bonds is 4. The largest absolute Gasteiger partial charge is 0.318 e. The molecule has 0 aliphatic carbocycles. The topological polar surface area (TPSA) is 15.3 Å². The molecule has 1 aliphatic heterocycles. The van der Waals surface area contributed by atoms with E-state index in [1.165, 1.54) is 19.4 Å². The van der Waals surface area contributed by atoms with Gasteiger partial charge in [-0.15, -0.1) is 12.3 Å². The van der Waals surface area contributed by atoms with Gasteiger partial charge in [-0.05, 0) is 26.4 Å². The van der Waals surface area contributed by atoms with Crippen LogP contribution in [-0.2, 0) is 0 Å². The standard InChI is InChI=1S/C10H18N2/c1-3-4-7-12-8-5-6-10(12)9-11-2/h1,10-11H,4-9H2,2H3. The van der Waals surface area contributed by atoms with E-state index in [9.17, 15) is 0 Å². The smallest absolute Gasteiger partial charge is 0.0221 e. The maximum absolute atomic E-state index is 5.23. The van der Waals surface area contributed by atoms with Gasteiger partial charge >= 0.3 is 0 Å². The molecule has 2 heteroatoms. The molecule has 0 radical (unpaired) electrons. The van der Waals surface area contributed by atoms with Gasteiger partial charge in [0.05, 0.1) is 0 Å². The Balaban J connectivity index is 2.26. The van der Waals surface area contributed by atoms with Gasteiger partial charge in [-0.25, -0.2) is 0 Å². The molecule has 0 aromatic heterocycles. The first kappa shape index (κ1) is 9.57. The molecular weight excluding hydrogens is 148 g/mol. The first-order valence-electron chi connectivity index (χ1n) is 4.70. The van der Waals surface area contributed by atoms with E-state index in [2.05, 4.69) is 16.1 Å². The van der Waals surface area contributed by atoms with Crippen LogP contribution < -0.4 is 5.32 Å². The van der Waals surface area contributed by atoms with Gasteiger partial charge in [-0.3, -0.25) is 4.90 Å². The fraction of sp³-hybridized carbons (Fsp3) is 0.800. The number of nitrogens with one attached hydrogen (secondary N) is 1. The van der Waals surface area contributed by atoms with Crippen LogP contribution in [-0.4, -0.2) is 37.6 Å². The Labute approximate surface area is 75.3 Å². The number of hydrogen-bond donors (Lipinski definition) is 1. The van der Waals surface area contributed by atoms with Gasteiger partial charge in [0.1, 0.15) is 0 Å². The third kappa shape index (κ3) is 2.51. The number of likely N-dealkylation sites (tertiary alicyclic amines) is 1. The highest BCUT2D eigenvalue weighted by molar-refractivity contribution is 4.88. The van der Waals surface area contributed by atoms with Crippen LogP contribution in [0.4, 0.5) is 0 Å². The van der Waals surface area contributed by atoms with E-state index >= 15 is 0 Å². The van der Waals surface area contributed by atoms with Crippen molar-refractivity contribution in [1.82, 2.24) is 10.2 Å². The molecule has 2 nitrogen and oxygen atoms in total. The minimum atomic E-state index is 0.725. The van der Waals surface area contributed by atoms with Crippen LogP contribution in [0.2, 0.25) is 0 Å². The molecule has 0 aromatic rings. The number of terminal acetylenes is 1. The zero-order valence-electron chi connectivity index (χ0n) is 7.84. The Bertz CT molecular complexity index is 160. The lowest BCUT2D eigenvalue weighted by molar-refractivity contribution is 0.256. The average molecular weight is 166 g/mol. The number of likely N-dealkylation sites (N-methyl/N-ethyl adjacent to an activating group) is 1. The van der Waals surface area contributed by atoms with Gasteiger partial charge in [-0.2, -0.15) is 0 Å². The summed E-state index contributed by atoms with van der Waals surface area (Å²) in [6.07, 6.45) is 8.78. The summed E-state index contributed by atoms with van der Waals surface area (Å²) >= 11 is 0. The SMILES string of the molecule is C#CCCN1CCCC1CNC. The van der Waals surface area contributed by atoms with Gasteiger partial charge in [0.25, 0.3) is 0 Å². The second-order valence-corrected chi connectivity index (χ2v) is 3.34. The van der Waals surface area contributed by atoms with E-state index in [-0.39, 0.29) is 0 Å². The normalized spacial score (nSPS) is 24.2. The first-order valence-corrected chi connectivity index (χ1v) is 4.70. The van der Waals surface area contributed by atoms with E-state index in [4.69, 9.17) is 6.42 Å². The van der Waals surface area contributed by atoms with E-state index in [0.717, 1.165) is 25.6 Å². The van der Waals surface area contributed by atoms with Crippen LogP contribution in [0.15, 0.2) is 0 Å². The molecule has 1 heterocycles. The minimum Gasteiger partial charge on any atom is -0.318 e. The van der Waals surface area contributed by atoms with Crippen molar-refractivity contribution < 1.29 is 0 Å². The summed E-state index contributed by atoms with van der Waals surface area (Å²) in [7, 11) is 2.01. The molecule has 68 valence electrons. The second-order valence-electron chi connectivity index (χ2n) is 3.34. The summed E-state index contributed by atoms with van der Waals surface area (Å²) in [6, 6.07) is 0.725. The minimum absolute atomic E-state index is 0.725. The Morgan fingerprint density at radius 2 is 2.50 bits per heavy atom. The van der Waals surface area contributed by atoms with Gasteiger partial charge in [0.2, 0.25) is 0 Å². The molecule has 1 saturated heterocycles. The molecule has 12 heavy (non-hydrogen) atoms. The molecule has 0 amide bonds. The van der Waals surface area contributed by atoms with E-state index in [1.807, 2.05) is 7.05 Å². The van der Waals surface area contributed by atoms with Gasteiger partial charge in [0, 0.05) is 25.6 Å². The Morgan fingerprint density at radius 1 is 1.67 bits per heavy atom. The average Bonchev–Trinajstić information content (AvgIpc) is 2.50. The van der Waals surface area contributed by atoms with Crippen LogP contribution in [0.5, 0.6) is 0 Å². The van der Waals surface area contributed by atoms with Crippen molar-refractivity contribution in [2.24, 2.45) is 0 Å². The molecule has 1 fully saturated rings. The maximum atomic E-state index is 5.23. The maximum Gasteiger partial charge on any atom is 0.0221 e. The molecule has 1 unspecified atom stereocenters. The number of nitrogens with zero attached hydrogens (tertiary/aromatic N) is 1. The van der Waals surface area contributed by atoms with Crippen molar-refractivity contribution in [3.05, 3.63) is 0 Å². The van der Waals surface area contributed by atoms with Crippen LogP contribution in [0, 0.1) is 12.3 Å². The third-order valence-electron chi connectivity index (χ3n) is 2.48. The summed E-state index contributed by atoms with van der Waals surface area (Å²) in [6.45, 7) is 3.40. The lowest BCUT2D eigenvalue weighted by Gasteiger charge is -2.22. The summed E-state index contributed by atoms with van der Waals surface area (Å²) in [5.41, 5.74) is 0. The van der Waals surface area contributed by atoms with E-state index < -0.39 is 0 Å². The summed E-state index contributed by atoms with van der Waals surface area (Å²) < 4.78 is 0. The second kappa shape index (κ2) is 5.18. The monoisotopic (exact) mass is 166 g/mol. The lowest BCUT2D eigenvalue weighted by Crippen LogP contribution is -2.37. The van der Waals surface area contributed by atoms with Gasteiger partial charge in [-0.1, -0.05) is 0 Å². The summed E-state index contributed by atoms with van der Waals surface area (Å²) in [5, 5.41) is 3.22. The van der Waals surface area contributed by atoms with Crippen LogP contribution >= 0.6 is 0 Å². The molecule has 1 rings (SSSR count). The van der Waals surface area contributed by atoms with E-state index in [1.54, 1.807) is 0 Å². The molecular formula is C10H18N2. The van der Waals surface area contributed by atoms with Crippen molar-refractivity contribution in [1.29, 1.82) is 0 Å². The van der Waals surface area contributed by atoms with Crippen LogP contribution in [0.3, 0.4) is 0 Å². The Morgan fingerprint density at radius 3 is 3.17 bits per heavy atom. The highest BCUT2D eigenvalue weighted by Gasteiger charge is 2.22. The molecule has 0 saturated carbocycles. The highest BCUT2D eigenvalue weighted by atomic mass is 15.2. The summed E-state index contributed by atoms with van der Waals surface area (Å²) in [5.74, 6) is 2.70. The van der Waals surface area contributed by atoms with Gasteiger partial charge < -0.3 is 5.32 Å². The molecule has 0 spiro atoms. The predicted octanol–water partition coefficient (Wildman–Crippen LogP) is 0.694. The van der Waals surface area contributed by atoms with E-state index in [0.29, 0.717) is 0 Å². The molecule has 1 atom stereocenters. The van der Waals surface area contributed by atoms with Crippen molar-refractivity contribution in [2.75, 3.05) is 26.7 Å². The molecule has 1 N–H and O–H groups in total. The summed E-state index contributed by atoms with van der Waals surface area (Å²) in [4.78, 5) is 2.50. The van der Waals surface area contributed by atoms with Crippen molar-refractivity contribution in [3.63, 3.8) is 0 Å². The van der Waals surface area contributed by atoms with Crippen molar-refractivity contribution in [3.8, 4) is 12.3 Å². The zero-order valence-corrected chi connectivity index (χ0v) is 7.84. The van der Waals surface area contributed by atoms with Crippen molar-refractivity contribution in [2.45, 2.75) is 25.3 Å². The van der Waals surface area contributed by atoms with Crippen molar-refractivity contribution >= 4 is 0 Å². The Kier molecular flexibility index (Phi) is 4.13. The predicted molar refractivity (Wildman–Crippen MR) is 52.0 cm³/mol. The molecule has 1 aliphatic rings. The fourth-order valence-corrected chi connectivity index (χ4v) is 1.86. The number of hydrogen-bond acceptors (Lipinski definition) is 2. The van der Waals surface area contributed by atoms with Crippen LogP contribution in [0.25, 0.3) is 0 Å². The van der Waals surface area contributed by atoms with Gasteiger partial charge in [0.15, 0.2) is 0 Å². The van der Waals surface area contributed by atoms with Crippen LogP contribution in [0.1, 0.15) is 19.3 Å². The zero-order chi connectivity index (χ0) is 8.81. The third-order valence-corrected chi connectivity index (χ3v) is 2.48. The first-order chi connectivity index (χ1) is 5.88. The molecule has 0 bridgehead atoms. The fourth-order valence-electron chi connectivity index (χ4n) is 1.86. The lowest BCUT2D eigenvalue weighted by atomic mass is 10.2. The molecule has 0 aromatic carbocycles.